The molecule has 0 saturated carbocycles. The average molecular weight is 549 g/mol. The van der Waals surface area contributed by atoms with Gasteiger partial charge in [0.1, 0.15) is 35.3 Å². The molecule has 2 aromatic rings. The minimum absolute atomic E-state index is 0.000949. The molecule has 0 N–H and O–H groups in total. The number of rotatable bonds is 9. The standard InChI is InChI=1S/C27H34F2N4O4S/c1-16-14-33-19(15-32(16)26(34)37-27(3,4)5)13-21(31-33)25(30-6)23(17(2)38-8)24-20(29)11-18(28)12-22(24)36-10-9-35-7/h11-13,16H,2,6,9-10,14-15H2,1,3-5,7-8H3/b25-23+/t16-/m1/s1. The van der Waals surface area contributed by atoms with Crippen LogP contribution in [0.5, 0.6) is 5.75 Å². The highest BCUT2D eigenvalue weighted by Gasteiger charge is 2.32. The summed E-state index contributed by atoms with van der Waals surface area (Å²) in [5.74, 6) is -1.63. The van der Waals surface area contributed by atoms with Gasteiger partial charge in [-0.2, -0.15) is 5.10 Å². The van der Waals surface area contributed by atoms with Crippen LogP contribution in [-0.4, -0.2) is 65.7 Å². The van der Waals surface area contributed by atoms with Crippen LogP contribution in [-0.2, 0) is 22.6 Å². The molecule has 1 aliphatic heterocycles. The molecule has 0 spiro atoms. The second-order valence-corrected chi connectivity index (χ2v) is 10.7. The first-order chi connectivity index (χ1) is 17.9. The van der Waals surface area contributed by atoms with Crippen LogP contribution in [0.2, 0.25) is 0 Å². The fraction of sp³-hybridized carbons (Fsp3) is 0.444. The van der Waals surface area contributed by atoms with Crippen molar-refractivity contribution in [3.63, 3.8) is 0 Å². The van der Waals surface area contributed by atoms with Gasteiger partial charge in [-0.15, -0.1) is 11.8 Å². The van der Waals surface area contributed by atoms with Crippen molar-refractivity contribution < 1.29 is 27.8 Å². The molecule has 1 aromatic carbocycles. The number of benzene rings is 1. The molecule has 3 rings (SSSR count). The maximum Gasteiger partial charge on any atom is 0.410 e. The number of carbonyl (C=O) groups is 1. The van der Waals surface area contributed by atoms with Crippen LogP contribution in [0.1, 0.15) is 44.6 Å². The molecule has 1 amide bonds. The van der Waals surface area contributed by atoms with E-state index in [1.807, 2.05) is 27.7 Å². The molecule has 2 heterocycles. The molecule has 206 valence electrons. The van der Waals surface area contributed by atoms with E-state index in [-0.39, 0.29) is 48.4 Å². The smallest absolute Gasteiger partial charge is 0.410 e. The third-order valence-electron chi connectivity index (χ3n) is 5.77. The van der Waals surface area contributed by atoms with Crippen molar-refractivity contribution in [3.8, 4) is 5.75 Å². The topological polar surface area (TPSA) is 78.2 Å². The van der Waals surface area contributed by atoms with Crippen LogP contribution in [0.3, 0.4) is 0 Å². The second-order valence-electron chi connectivity index (χ2n) is 9.77. The Balaban J connectivity index is 2.12. The fourth-order valence-electron chi connectivity index (χ4n) is 4.02. The maximum atomic E-state index is 15.4. The van der Waals surface area contributed by atoms with Gasteiger partial charge in [0.2, 0.25) is 0 Å². The molecule has 0 radical (unpaired) electrons. The van der Waals surface area contributed by atoms with Crippen molar-refractivity contribution in [2.75, 3.05) is 26.6 Å². The maximum absolute atomic E-state index is 15.4. The number of aliphatic imine (C=N–C) groups is 1. The highest BCUT2D eigenvalue weighted by Crippen LogP contribution is 2.42. The number of nitrogens with zero attached hydrogens (tertiary/aromatic N) is 4. The Morgan fingerprint density at radius 3 is 2.58 bits per heavy atom. The number of fused-ring (bicyclic) bond motifs is 1. The van der Waals surface area contributed by atoms with Crippen molar-refractivity contribution in [2.45, 2.75) is 52.4 Å². The molecule has 11 heteroatoms. The predicted molar refractivity (Wildman–Crippen MR) is 146 cm³/mol. The zero-order valence-corrected chi connectivity index (χ0v) is 23.5. The van der Waals surface area contributed by atoms with Crippen molar-refractivity contribution in [2.24, 2.45) is 4.99 Å². The van der Waals surface area contributed by atoms with Gasteiger partial charge in [0.15, 0.2) is 0 Å². The summed E-state index contributed by atoms with van der Waals surface area (Å²) in [5.41, 5.74) is 1.06. The number of carbonyl (C=O) groups excluding carboxylic acids is 1. The number of thioether (sulfide) groups is 1. The van der Waals surface area contributed by atoms with Gasteiger partial charge in [-0.25, -0.2) is 13.6 Å². The molecule has 8 nitrogen and oxygen atoms in total. The Morgan fingerprint density at radius 2 is 1.97 bits per heavy atom. The molecule has 38 heavy (non-hydrogen) atoms. The molecular weight excluding hydrogens is 514 g/mol. The third-order valence-corrected chi connectivity index (χ3v) is 6.47. The van der Waals surface area contributed by atoms with Crippen LogP contribution in [0.15, 0.2) is 34.7 Å². The summed E-state index contributed by atoms with van der Waals surface area (Å²) in [5, 5.41) is 4.69. The van der Waals surface area contributed by atoms with Gasteiger partial charge in [0.05, 0.1) is 42.7 Å². The van der Waals surface area contributed by atoms with Gasteiger partial charge >= 0.3 is 6.09 Å². The summed E-state index contributed by atoms with van der Waals surface area (Å²) >= 11 is 1.28. The lowest BCUT2D eigenvalue weighted by atomic mass is 9.99. The Hall–Kier alpha value is -3.18. The number of halogens is 2. The molecule has 1 aliphatic rings. The van der Waals surface area contributed by atoms with E-state index in [9.17, 15) is 9.18 Å². The van der Waals surface area contributed by atoms with Crippen LogP contribution >= 0.6 is 11.8 Å². The average Bonchev–Trinajstić information content (AvgIpc) is 3.23. The molecule has 1 atom stereocenters. The van der Waals surface area contributed by atoms with Crippen LogP contribution in [0.4, 0.5) is 13.6 Å². The molecule has 0 bridgehead atoms. The first kappa shape index (κ1) is 29.4. The normalized spacial score (nSPS) is 16.0. The number of ether oxygens (including phenoxy) is 3. The second kappa shape index (κ2) is 12.1. The lowest BCUT2D eigenvalue weighted by Crippen LogP contribution is -2.46. The SMILES string of the molecule is C=N/C(=C(\C(=C)SC)c1c(F)cc(F)cc1OCCOC)c1cc2n(n1)C[C@@H](C)N(C(=O)OC(C)(C)C)C2. The summed E-state index contributed by atoms with van der Waals surface area (Å²) < 4.78 is 47.6. The number of amides is 1. The Labute approximate surface area is 226 Å². The van der Waals surface area contributed by atoms with E-state index in [0.717, 1.165) is 17.8 Å². The van der Waals surface area contributed by atoms with Gasteiger partial charge in [-0.3, -0.25) is 14.6 Å². The highest BCUT2D eigenvalue weighted by molar-refractivity contribution is 8.03. The van der Waals surface area contributed by atoms with Crippen molar-refractivity contribution in [1.82, 2.24) is 14.7 Å². The minimum Gasteiger partial charge on any atom is -0.490 e. The monoisotopic (exact) mass is 548 g/mol. The molecule has 0 fully saturated rings. The predicted octanol–water partition coefficient (Wildman–Crippen LogP) is 5.77. The summed E-state index contributed by atoms with van der Waals surface area (Å²) in [6.07, 6.45) is 1.37. The number of allylic oxidation sites excluding steroid dienone is 1. The number of hydrogen-bond acceptors (Lipinski definition) is 7. The summed E-state index contributed by atoms with van der Waals surface area (Å²) in [4.78, 5) is 19.1. The van der Waals surface area contributed by atoms with E-state index >= 15 is 4.39 Å². The molecule has 0 unspecified atom stereocenters. The number of hydrogen-bond donors (Lipinski definition) is 0. The first-order valence-corrected chi connectivity index (χ1v) is 13.2. The van der Waals surface area contributed by atoms with Gasteiger partial charge in [-0.05, 0) is 46.7 Å². The van der Waals surface area contributed by atoms with Crippen molar-refractivity contribution in [3.05, 3.63) is 58.3 Å². The largest absolute Gasteiger partial charge is 0.490 e. The zero-order valence-electron chi connectivity index (χ0n) is 22.6. The molecular formula is C27H34F2N4O4S. The van der Waals surface area contributed by atoms with Crippen molar-refractivity contribution >= 4 is 35.8 Å². The molecule has 1 aromatic heterocycles. The fourth-order valence-corrected chi connectivity index (χ4v) is 4.43. The van der Waals surface area contributed by atoms with Gasteiger partial charge < -0.3 is 14.2 Å². The third kappa shape index (κ3) is 6.63. The van der Waals surface area contributed by atoms with E-state index in [4.69, 9.17) is 19.3 Å². The highest BCUT2D eigenvalue weighted by atomic mass is 32.2. The Kier molecular flexibility index (Phi) is 9.37. The van der Waals surface area contributed by atoms with E-state index in [1.54, 1.807) is 21.9 Å². The van der Waals surface area contributed by atoms with E-state index in [0.29, 0.717) is 17.1 Å². The Bertz CT molecular complexity index is 1250. The van der Waals surface area contributed by atoms with Crippen molar-refractivity contribution in [1.29, 1.82) is 0 Å². The Morgan fingerprint density at radius 1 is 1.26 bits per heavy atom. The van der Waals surface area contributed by atoms with E-state index in [2.05, 4.69) is 18.3 Å². The summed E-state index contributed by atoms with van der Waals surface area (Å²) in [6.45, 7) is 16.2. The summed E-state index contributed by atoms with van der Waals surface area (Å²) in [6, 6.07) is 3.49. The van der Waals surface area contributed by atoms with E-state index in [1.165, 1.54) is 18.9 Å². The van der Waals surface area contributed by atoms with Gasteiger partial charge in [-0.1, -0.05) is 6.58 Å². The quantitative estimate of drug-likeness (QED) is 0.225. The number of aromatic nitrogens is 2. The van der Waals surface area contributed by atoms with Gasteiger partial charge in [0, 0.05) is 29.7 Å². The van der Waals surface area contributed by atoms with Gasteiger partial charge in [0.25, 0.3) is 0 Å². The zero-order chi connectivity index (χ0) is 28.2. The summed E-state index contributed by atoms with van der Waals surface area (Å²) in [7, 11) is 1.50. The van der Waals surface area contributed by atoms with Crippen LogP contribution in [0.25, 0.3) is 11.3 Å². The van der Waals surface area contributed by atoms with E-state index < -0.39 is 23.3 Å². The number of methoxy groups -OCH3 is 1. The van der Waals surface area contributed by atoms with Crippen LogP contribution in [0, 0.1) is 11.6 Å². The first-order valence-electron chi connectivity index (χ1n) is 12.0. The molecule has 0 aliphatic carbocycles. The lowest BCUT2D eigenvalue weighted by Gasteiger charge is -2.35. The molecule has 0 saturated heterocycles. The van der Waals surface area contributed by atoms with Crippen LogP contribution < -0.4 is 4.74 Å². The minimum atomic E-state index is -0.836. The lowest BCUT2D eigenvalue weighted by molar-refractivity contribution is 0.00906.